The number of hydrogen-bond acceptors (Lipinski definition) is 4. The number of carbonyl (C=O) groups excluding carboxylic acids is 3. The molecule has 4 rings (SSSR count). The second-order valence-corrected chi connectivity index (χ2v) is 13.3. The van der Waals surface area contributed by atoms with Crippen LogP contribution in [0.2, 0.25) is 0 Å². The lowest BCUT2D eigenvalue weighted by atomic mass is 9.98. The standard InChI is InChI=1S/C41H46F2N4O3/c1-41(2,44)24-11-16-38(48)46(3)37(27-30-17-20-33(21-18-30)32-14-9-6-10-15-32)40(50)47(4)36(28-31-19-22-34(42)35(43)26-31)39(49)45-25-23-29-12-7-5-8-13-29/h5-22,26,36-37H,23-25,27-28,44H2,1-4H3,(H,45,49)/b16-11+/t36-,37-/m1/s1. The first-order valence-corrected chi connectivity index (χ1v) is 16.7. The zero-order valence-electron chi connectivity index (χ0n) is 29.1. The summed E-state index contributed by atoms with van der Waals surface area (Å²) < 4.78 is 28.0. The van der Waals surface area contributed by atoms with Crippen LogP contribution in [0, 0.1) is 11.6 Å². The second kappa shape index (κ2) is 17.5. The van der Waals surface area contributed by atoms with Gasteiger partial charge in [0.05, 0.1) is 0 Å². The van der Waals surface area contributed by atoms with Crippen molar-refractivity contribution in [2.75, 3.05) is 20.6 Å². The van der Waals surface area contributed by atoms with Gasteiger partial charge in [-0.25, -0.2) is 8.78 Å². The fourth-order valence-corrected chi connectivity index (χ4v) is 5.59. The molecule has 262 valence electrons. The SMILES string of the molecule is CN(C(=O)/C=C/CC(C)(C)N)[C@H](Cc1ccc(-c2ccccc2)cc1)C(=O)N(C)[C@H](Cc1ccc(F)c(F)c1)C(=O)NCCc1ccccc1. The summed E-state index contributed by atoms with van der Waals surface area (Å²) in [6.07, 6.45) is 4.20. The molecule has 0 radical (unpaired) electrons. The molecule has 7 nitrogen and oxygen atoms in total. The summed E-state index contributed by atoms with van der Waals surface area (Å²) in [6.45, 7) is 4.00. The average Bonchev–Trinajstić information content (AvgIpc) is 3.10. The Morgan fingerprint density at radius 1 is 0.740 bits per heavy atom. The molecule has 3 amide bonds. The highest BCUT2D eigenvalue weighted by molar-refractivity contribution is 5.95. The molecule has 0 aliphatic carbocycles. The number of nitrogens with two attached hydrogens (primary N) is 1. The van der Waals surface area contributed by atoms with E-state index in [0.717, 1.165) is 34.4 Å². The van der Waals surface area contributed by atoms with E-state index in [1.165, 1.54) is 29.0 Å². The molecule has 2 atom stereocenters. The number of benzene rings is 4. The minimum atomic E-state index is -1.08. The maximum Gasteiger partial charge on any atom is 0.246 e. The van der Waals surface area contributed by atoms with Gasteiger partial charge in [0.25, 0.3) is 0 Å². The largest absolute Gasteiger partial charge is 0.354 e. The minimum Gasteiger partial charge on any atom is -0.354 e. The van der Waals surface area contributed by atoms with Gasteiger partial charge in [-0.15, -0.1) is 0 Å². The molecule has 0 aliphatic heterocycles. The summed E-state index contributed by atoms with van der Waals surface area (Å²) in [5, 5.41) is 2.91. The molecule has 0 aromatic heterocycles. The van der Waals surface area contributed by atoms with Crippen LogP contribution in [0.1, 0.15) is 37.0 Å². The van der Waals surface area contributed by atoms with Gasteiger partial charge in [-0.1, -0.05) is 97.1 Å². The normalized spacial score (nSPS) is 12.7. The predicted octanol–water partition coefficient (Wildman–Crippen LogP) is 6.11. The lowest BCUT2D eigenvalue weighted by molar-refractivity contribution is -0.146. The lowest BCUT2D eigenvalue weighted by Gasteiger charge is -2.34. The molecule has 0 aliphatic rings. The zero-order chi connectivity index (χ0) is 36.3. The maximum atomic E-state index is 14.4. The molecule has 4 aromatic carbocycles. The molecule has 0 heterocycles. The number of rotatable bonds is 15. The summed E-state index contributed by atoms with van der Waals surface area (Å²) in [4.78, 5) is 44.3. The summed E-state index contributed by atoms with van der Waals surface area (Å²) in [5.74, 6) is -3.38. The van der Waals surface area contributed by atoms with Gasteiger partial charge in [0.15, 0.2) is 11.6 Å². The quantitative estimate of drug-likeness (QED) is 0.148. The second-order valence-electron chi connectivity index (χ2n) is 13.3. The van der Waals surface area contributed by atoms with Crippen molar-refractivity contribution in [3.8, 4) is 11.1 Å². The monoisotopic (exact) mass is 680 g/mol. The Kier molecular flexibility index (Phi) is 13.2. The Morgan fingerprint density at radius 3 is 1.94 bits per heavy atom. The van der Waals surface area contributed by atoms with Crippen LogP contribution in [-0.4, -0.2) is 65.8 Å². The van der Waals surface area contributed by atoms with E-state index in [1.54, 1.807) is 13.1 Å². The highest BCUT2D eigenvalue weighted by atomic mass is 19.2. The Hall–Kier alpha value is -5.15. The first-order valence-electron chi connectivity index (χ1n) is 16.7. The zero-order valence-corrected chi connectivity index (χ0v) is 29.1. The summed E-state index contributed by atoms with van der Waals surface area (Å²) in [6, 6.07) is 28.6. The molecule has 0 spiro atoms. The van der Waals surface area contributed by atoms with Crippen LogP contribution in [-0.2, 0) is 33.6 Å². The maximum absolute atomic E-state index is 14.4. The minimum absolute atomic E-state index is 0.0712. The van der Waals surface area contributed by atoms with Gasteiger partial charge < -0.3 is 20.9 Å². The first-order chi connectivity index (χ1) is 23.8. The van der Waals surface area contributed by atoms with Gasteiger partial charge >= 0.3 is 0 Å². The molecule has 0 unspecified atom stereocenters. The van der Waals surface area contributed by atoms with Gasteiger partial charge in [0.2, 0.25) is 17.7 Å². The number of hydrogen-bond donors (Lipinski definition) is 2. The first kappa shape index (κ1) is 37.7. The van der Waals surface area contributed by atoms with Gasteiger partial charge in [-0.2, -0.15) is 0 Å². The van der Waals surface area contributed by atoms with Crippen molar-refractivity contribution in [3.63, 3.8) is 0 Å². The molecule has 0 bridgehead atoms. The van der Waals surface area contributed by atoms with E-state index >= 15 is 0 Å². The topological polar surface area (TPSA) is 95.7 Å². The lowest BCUT2D eigenvalue weighted by Crippen LogP contribution is -2.56. The molecular weight excluding hydrogens is 634 g/mol. The molecular formula is C41H46F2N4O3. The smallest absolute Gasteiger partial charge is 0.246 e. The number of carbonyl (C=O) groups is 3. The Morgan fingerprint density at radius 2 is 1.32 bits per heavy atom. The van der Waals surface area contributed by atoms with Crippen molar-refractivity contribution in [2.24, 2.45) is 5.73 Å². The third kappa shape index (κ3) is 10.9. The van der Waals surface area contributed by atoms with E-state index in [9.17, 15) is 23.2 Å². The fourth-order valence-electron chi connectivity index (χ4n) is 5.59. The molecule has 4 aromatic rings. The van der Waals surface area contributed by atoms with E-state index in [1.807, 2.05) is 98.8 Å². The predicted molar refractivity (Wildman–Crippen MR) is 194 cm³/mol. The van der Waals surface area contributed by atoms with Gasteiger partial charge in [0, 0.05) is 39.0 Å². The van der Waals surface area contributed by atoms with Crippen molar-refractivity contribution >= 4 is 17.7 Å². The van der Waals surface area contributed by atoms with Crippen LogP contribution in [0.4, 0.5) is 8.78 Å². The van der Waals surface area contributed by atoms with Crippen LogP contribution in [0.25, 0.3) is 11.1 Å². The fraction of sp³-hybridized carbons (Fsp3) is 0.293. The highest BCUT2D eigenvalue weighted by Crippen LogP contribution is 2.22. The molecule has 0 fully saturated rings. The van der Waals surface area contributed by atoms with Gasteiger partial charge in [-0.05, 0) is 72.7 Å². The summed E-state index contributed by atoms with van der Waals surface area (Å²) in [5.41, 5.74) is 9.81. The molecule has 50 heavy (non-hydrogen) atoms. The Balaban J connectivity index is 1.62. The third-order valence-corrected chi connectivity index (χ3v) is 8.58. The summed E-state index contributed by atoms with van der Waals surface area (Å²) in [7, 11) is 3.06. The average molecular weight is 681 g/mol. The van der Waals surface area contributed by atoms with Gasteiger partial charge in [0.1, 0.15) is 12.1 Å². The van der Waals surface area contributed by atoms with Crippen molar-refractivity contribution in [3.05, 3.63) is 144 Å². The molecule has 0 saturated carbocycles. The van der Waals surface area contributed by atoms with Crippen molar-refractivity contribution < 1.29 is 23.2 Å². The number of nitrogens with one attached hydrogen (secondary N) is 1. The van der Waals surface area contributed by atoms with Crippen LogP contribution >= 0.6 is 0 Å². The third-order valence-electron chi connectivity index (χ3n) is 8.58. The van der Waals surface area contributed by atoms with E-state index in [0.29, 0.717) is 24.9 Å². The Bertz CT molecular complexity index is 1760. The number of likely N-dealkylation sites (N-methyl/N-ethyl adjacent to an activating group) is 2. The summed E-state index contributed by atoms with van der Waals surface area (Å²) >= 11 is 0. The molecule has 9 heteroatoms. The Labute approximate surface area is 293 Å². The van der Waals surface area contributed by atoms with Crippen LogP contribution in [0.3, 0.4) is 0 Å². The van der Waals surface area contributed by atoms with Crippen molar-refractivity contribution in [1.82, 2.24) is 15.1 Å². The van der Waals surface area contributed by atoms with E-state index in [2.05, 4.69) is 5.32 Å². The number of nitrogens with zero attached hydrogens (tertiary/aromatic N) is 2. The van der Waals surface area contributed by atoms with Gasteiger partial charge in [-0.3, -0.25) is 14.4 Å². The van der Waals surface area contributed by atoms with Crippen LogP contribution in [0.5, 0.6) is 0 Å². The number of amides is 3. The van der Waals surface area contributed by atoms with Crippen molar-refractivity contribution in [1.29, 1.82) is 0 Å². The molecule has 3 N–H and O–H groups in total. The van der Waals surface area contributed by atoms with E-state index < -0.39 is 47.0 Å². The number of halogens is 2. The van der Waals surface area contributed by atoms with Crippen molar-refractivity contribution in [2.45, 2.75) is 57.2 Å². The van der Waals surface area contributed by atoms with E-state index in [-0.39, 0.29) is 12.8 Å². The van der Waals surface area contributed by atoms with Crippen LogP contribution in [0.15, 0.2) is 115 Å². The van der Waals surface area contributed by atoms with Crippen LogP contribution < -0.4 is 11.1 Å². The highest BCUT2D eigenvalue weighted by Gasteiger charge is 2.35. The molecule has 0 saturated heterocycles. The van der Waals surface area contributed by atoms with E-state index in [4.69, 9.17) is 5.73 Å².